The van der Waals surface area contributed by atoms with Gasteiger partial charge in [-0.3, -0.25) is 0 Å². The van der Waals surface area contributed by atoms with Crippen molar-refractivity contribution >= 4 is 5.97 Å². The molecule has 1 aromatic heterocycles. The van der Waals surface area contributed by atoms with E-state index < -0.39 is 5.97 Å². The molecule has 1 heterocycles. The Bertz CT molecular complexity index is 593. The number of rotatable bonds is 3. The predicted molar refractivity (Wildman–Crippen MR) is 67.2 cm³/mol. The molecule has 0 unspecified atom stereocenters. The van der Waals surface area contributed by atoms with Crippen molar-refractivity contribution in [3.05, 3.63) is 53.2 Å². The third-order valence-corrected chi connectivity index (χ3v) is 2.64. The van der Waals surface area contributed by atoms with Gasteiger partial charge >= 0.3 is 5.97 Å². The summed E-state index contributed by atoms with van der Waals surface area (Å²) < 4.78 is 5.53. The molecule has 0 aliphatic rings. The van der Waals surface area contributed by atoms with Gasteiger partial charge in [0, 0.05) is 6.07 Å². The van der Waals surface area contributed by atoms with E-state index in [1.54, 1.807) is 12.1 Å². The maximum atomic E-state index is 10.8. The van der Waals surface area contributed by atoms with Crippen molar-refractivity contribution in [1.29, 1.82) is 0 Å². The number of hydrogen-bond donors (Lipinski definition) is 1. The molecule has 1 aromatic carbocycles. The normalized spacial score (nSPS) is 10.1. The Hall–Kier alpha value is -2.36. The van der Waals surface area contributed by atoms with Crippen molar-refractivity contribution in [2.45, 2.75) is 13.8 Å². The molecule has 0 radical (unpaired) electrons. The van der Waals surface area contributed by atoms with Gasteiger partial charge in [-0.15, -0.1) is 0 Å². The molecule has 0 bridgehead atoms. The molecule has 2 aromatic rings. The Morgan fingerprint density at radius 3 is 2.61 bits per heavy atom. The Morgan fingerprint density at radius 1 is 1.17 bits per heavy atom. The lowest BCUT2D eigenvalue weighted by atomic mass is 10.1. The zero-order valence-corrected chi connectivity index (χ0v) is 10.2. The van der Waals surface area contributed by atoms with Crippen molar-refractivity contribution in [1.82, 2.24) is 4.98 Å². The molecule has 0 saturated carbocycles. The Kier molecular flexibility index (Phi) is 3.28. The summed E-state index contributed by atoms with van der Waals surface area (Å²) in [5.74, 6) is -0.146. The van der Waals surface area contributed by atoms with Gasteiger partial charge < -0.3 is 9.84 Å². The van der Waals surface area contributed by atoms with Crippen LogP contribution in [0.15, 0.2) is 36.4 Å². The molecular weight excluding hydrogens is 230 g/mol. The predicted octanol–water partition coefficient (Wildman–Crippen LogP) is 3.19. The van der Waals surface area contributed by atoms with Crippen LogP contribution in [0, 0.1) is 13.8 Å². The second-order valence-corrected chi connectivity index (χ2v) is 4.01. The summed E-state index contributed by atoms with van der Waals surface area (Å²) in [6.45, 7) is 4.01. The molecule has 0 amide bonds. The number of benzene rings is 1. The van der Waals surface area contributed by atoms with E-state index in [1.165, 1.54) is 11.6 Å². The molecular formula is C14H13NO3. The Morgan fingerprint density at radius 2 is 1.94 bits per heavy atom. The van der Waals surface area contributed by atoms with Crippen LogP contribution in [0.25, 0.3) is 0 Å². The van der Waals surface area contributed by atoms with Gasteiger partial charge in [0.2, 0.25) is 5.88 Å². The first-order valence-corrected chi connectivity index (χ1v) is 5.52. The van der Waals surface area contributed by atoms with Gasteiger partial charge in [0.1, 0.15) is 5.75 Å². The number of aryl methyl sites for hydroxylation is 2. The summed E-state index contributed by atoms with van der Waals surface area (Å²) in [5, 5.41) is 8.84. The highest BCUT2D eigenvalue weighted by Gasteiger charge is 2.06. The summed E-state index contributed by atoms with van der Waals surface area (Å²) in [6, 6.07) is 10.3. The largest absolute Gasteiger partial charge is 0.477 e. The van der Waals surface area contributed by atoms with E-state index in [9.17, 15) is 4.79 Å². The third-order valence-electron chi connectivity index (χ3n) is 2.64. The number of ether oxygens (including phenoxy) is 1. The first-order chi connectivity index (χ1) is 8.56. The second kappa shape index (κ2) is 4.87. The molecule has 18 heavy (non-hydrogen) atoms. The molecule has 4 heteroatoms. The van der Waals surface area contributed by atoms with Crippen LogP contribution in [-0.2, 0) is 0 Å². The zero-order valence-electron chi connectivity index (χ0n) is 10.2. The molecule has 2 rings (SSSR count). The standard InChI is InChI=1S/C14H13NO3/c1-9-6-7-11(8-10(9)2)18-13-5-3-4-12(15-13)14(16)17/h3-8H,1-2H3,(H,16,17). The molecule has 0 aliphatic heterocycles. The number of nitrogens with zero attached hydrogens (tertiary/aromatic N) is 1. The monoisotopic (exact) mass is 243 g/mol. The van der Waals surface area contributed by atoms with Crippen LogP contribution in [0.3, 0.4) is 0 Å². The van der Waals surface area contributed by atoms with E-state index >= 15 is 0 Å². The topological polar surface area (TPSA) is 59.4 Å². The van der Waals surface area contributed by atoms with Crippen LogP contribution in [0.5, 0.6) is 11.6 Å². The van der Waals surface area contributed by atoms with Crippen LogP contribution >= 0.6 is 0 Å². The van der Waals surface area contributed by atoms with E-state index in [0.717, 1.165) is 5.56 Å². The fourth-order valence-corrected chi connectivity index (χ4v) is 1.49. The first kappa shape index (κ1) is 12.1. The summed E-state index contributed by atoms with van der Waals surface area (Å²) in [7, 11) is 0. The fraction of sp³-hybridized carbons (Fsp3) is 0.143. The van der Waals surface area contributed by atoms with Crippen molar-refractivity contribution < 1.29 is 14.6 Å². The number of aromatic carboxylic acids is 1. The number of carbonyl (C=O) groups is 1. The van der Waals surface area contributed by atoms with Gasteiger partial charge in [-0.25, -0.2) is 9.78 Å². The zero-order chi connectivity index (χ0) is 13.1. The Balaban J connectivity index is 2.25. The minimum atomic E-state index is -1.07. The summed E-state index contributed by atoms with van der Waals surface area (Å²) in [5.41, 5.74) is 2.26. The lowest BCUT2D eigenvalue weighted by Crippen LogP contribution is -2.00. The highest BCUT2D eigenvalue weighted by Crippen LogP contribution is 2.22. The van der Waals surface area contributed by atoms with Gasteiger partial charge in [-0.05, 0) is 43.2 Å². The second-order valence-electron chi connectivity index (χ2n) is 4.01. The molecule has 1 N–H and O–H groups in total. The SMILES string of the molecule is Cc1ccc(Oc2cccc(C(=O)O)n2)cc1C. The van der Waals surface area contributed by atoms with Crippen LogP contribution in [0.4, 0.5) is 0 Å². The van der Waals surface area contributed by atoms with Crippen LogP contribution in [0.1, 0.15) is 21.6 Å². The van der Waals surface area contributed by atoms with Gasteiger partial charge in [0.25, 0.3) is 0 Å². The molecule has 0 fully saturated rings. The van der Waals surface area contributed by atoms with E-state index in [-0.39, 0.29) is 11.6 Å². The Labute approximate surface area is 105 Å². The quantitative estimate of drug-likeness (QED) is 0.899. The van der Waals surface area contributed by atoms with E-state index in [0.29, 0.717) is 5.75 Å². The molecule has 0 spiro atoms. The van der Waals surface area contributed by atoms with Crippen molar-refractivity contribution in [3.8, 4) is 11.6 Å². The molecule has 92 valence electrons. The minimum absolute atomic E-state index is 0.0312. The van der Waals surface area contributed by atoms with Crippen molar-refractivity contribution in [2.75, 3.05) is 0 Å². The highest BCUT2D eigenvalue weighted by molar-refractivity contribution is 5.85. The van der Waals surface area contributed by atoms with E-state index in [4.69, 9.17) is 9.84 Å². The van der Waals surface area contributed by atoms with Gasteiger partial charge in [-0.1, -0.05) is 12.1 Å². The molecule has 0 atom stereocenters. The average Bonchev–Trinajstić information content (AvgIpc) is 2.34. The van der Waals surface area contributed by atoms with Crippen LogP contribution < -0.4 is 4.74 Å². The lowest BCUT2D eigenvalue weighted by molar-refractivity contribution is 0.0689. The summed E-state index contributed by atoms with van der Waals surface area (Å²) in [4.78, 5) is 14.7. The van der Waals surface area contributed by atoms with Crippen LogP contribution in [0.2, 0.25) is 0 Å². The number of aromatic nitrogens is 1. The number of carboxylic acid groups (broad SMARTS) is 1. The van der Waals surface area contributed by atoms with Crippen molar-refractivity contribution in [2.24, 2.45) is 0 Å². The fourth-order valence-electron chi connectivity index (χ4n) is 1.49. The number of carboxylic acids is 1. The maximum absolute atomic E-state index is 10.8. The number of pyridine rings is 1. The highest BCUT2D eigenvalue weighted by atomic mass is 16.5. The third kappa shape index (κ3) is 2.66. The summed E-state index contributed by atoms with van der Waals surface area (Å²) in [6.07, 6.45) is 0. The van der Waals surface area contributed by atoms with E-state index in [1.807, 2.05) is 32.0 Å². The maximum Gasteiger partial charge on any atom is 0.354 e. The smallest absolute Gasteiger partial charge is 0.354 e. The summed E-state index contributed by atoms with van der Waals surface area (Å²) >= 11 is 0. The average molecular weight is 243 g/mol. The van der Waals surface area contributed by atoms with Crippen LogP contribution in [-0.4, -0.2) is 16.1 Å². The number of hydrogen-bond acceptors (Lipinski definition) is 3. The van der Waals surface area contributed by atoms with Crippen molar-refractivity contribution in [3.63, 3.8) is 0 Å². The van der Waals surface area contributed by atoms with Gasteiger partial charge in [0.15, 0.2) is 5.69 Å². The molecule has 0 saturated heterocycles. The molecule has 0 aliphatic carbocycles. The minimum Gasteiger partial charge on any atom is -0.477 e. The first-order valence-electron chi connectivity index (χ1n) is 5.52. The van der Waals surface area contributed by atoms with Gasteiger partial charge in [0.05, 0.1) is 0 Å². The van der Waals surface area contributed by atoms with Gasteiger partial charge in [-0.2, -0.15) is 0 Å². The molecule has 4 nitrogen and oxygen atoms in total. The lowest BCUT2D eigenvalue weighted by Gasteiger charge is -2.07. The van der Waals surface area contributed by atoms with E-state index in [2.05, 4.69) is 4.98 Å².